The van der Waals surface area contributed by atoms with Crippen molar-refractivity contribution in [3.8, 4) is 0 Å². The molecule has 1 aromatic carbocycles. The van der Waals surface area contributed by atoms with Gasteiger partial charge in [-0.05, 0) is 24.6 Å². The van der Waals surface area contributed by atoms with E-state index in [1.807, 2.05) is 6.92 Å². The normalized spacial score (nSPS) is 10.6. The Morgan fingerprint density at radius 2 is 1.96 bits per heavy atom. The number of halogens is 1. The van der Waals surface area contributed by atoms with Crippen LogP contribution in [0.25, 0.3) is 0 Å². The first kappa shape index (κ1) is 18.6. The zero-order chi connectivity index (χ0) is 18.9. The maximum absolute atomic E-state index is 12.5. The van der Waals surface area contributed by atoms with Crippen LogP contribution >= 0.6 is 11.6 Å². The van der Waals surface area contributed by atoms with E-state index in [4.69, 9.17) is 17.3 Å². The number of hydrogen-bond acceptors (Lipinski definition) is 5. The van der Waals surface area contributed by atoms with Crippen LogP contribution in [0.1, 0.15) is 5.56 Å². The Labute approximate surface area is 149 Å². The zero-order valence-corrected chi connectivity index (χ0v) is 15.2. The Bertz CT molecular complexity index is 946. The average Bonchev–Trinajstić information content (AvgIpc) is 2.53. The number of aryl methyl sites for hydroxylation is 1. The van der Waals surface area contributed by atoms with Crippen LogP contribution in [0.4, 0.5) is 17.2 Å². The van der Waals surface area contributed by atoms with Gasteiger partial charge in [0, 0.05) is 31.9 Å². The van der Waals surface area contributed by atoms with E-state index in [1.54, 1.807) is 32.3 Å². The molecule has 3 N–H and O–H groups in total. The lowest BCUT2D eigenvalue weighted by atomic mass is 10.2. The Morgan fingerprint density at radius 3 is 2.52 bits per heavy atom. The summed E-state index contributed by atoms with van der Waals surface area (Å²) in [6, 6.07) is 5.05. The van der Waals surface area contributed by atoms with Crippen LogP contribution in [0.2, 0.25) is 5.02 Å². The van der Waals surface area contributed by atoms with Crippen LogP contribution in [0, 0.1) is 6.92 Å². The zero-order valence-electron chi connectivity index (χ0n) is 14.5. The topological polar surface area (TPSA) is 102 Å². The minimum Gasteiger partial charge on any atom is -0.383 e. The number of benzene rings is 1. The predicted octanol–water partition coefficient (Wildman–Crippen LogP) is 0.796. The summed E-state index contributed by atoms with van der Waals surface area (Å²) in [6.45, 7) is 1.41. The number of nitrogens with two attached hydrogens (primary N) is 1. The molecule has 0 fully saturated rings. The summed E-state index contributed by atoms with van der Waals surface area (Å²) < 4.78 is 1.98. The first-order valence-corrected chi connectivity index (χ1v) is 7.84. The summed E-state index contributed by atoms with van der Waals surface area (Å²) in [5, 5.41) is 3.13. The number of rotatable bonds is 4. The summed E-state index contributed by atoms with van der Waals surface area (Å²) in [5.74, 6) is -0.476. The molecule has 0 unspecified atom stereocenters. The molecule has 0 saturated carbocycles. The van der Waals surface area contributed by atoms with Crippen molar-refractivity contribution in [3.63, 3.8) is 0 Å². The summed E-state index contributed by atoms with van der Waals surface area (Å²) >= 11 is 6.02. The first-order chi connectivity index (χ1) is 11.6. The number of nitrogens with one attached hydrogen (secondary N) is 1. The molecule has 0 atom stereocenters. The molecule has 2 aromatic rings. The molecular weight excluding hydrogens is 346 g/mol. The molecule has 8 nitrogen and oxygen atoms in total. The van der Waals surface area contributed by atoms with Crippen LogP contribution < -0.4 is 27.2 Å². The van der Waals surface area contributed by atoms with Crippen molar-refractivity contribution in [1.82, 2.24) is 9.13 Å². The molecule has 0 aliphatic heterocycles. The average molecular weight is 366 g/mol. The van der Waals surface area contributed by atoms with E-state index < -0.39 is 23.7 Å². The Kier molecular flexibility index (Phi) is 5.22. The quantitative estimate of drug-likeness (QED) is 0.834. The third-order valence-corrected chi connectivity index (χ3v) is 4.18. The van der Waals surface area contributed by atoms with Crippen LogP contribution in [0.15, 0.2) is 27.8 Å². The minimum absolute atomic E-state index is 0.0435. The molecule has 9 heteroatoms. The monoisotopic (exact) mass is 365 g/mol. The molecule has 0 spiro atoms. The number of aromatic nitrogens is 2. The summed E-state index contributed by atoms with van der Waals surface area (Å²) in [5.41, 5.74) is 6.05. The highest BCUT2D eigenvalue weighted by Crippen LogP contribution is 2.20. The predicted molar refractivity (Wildman–Crippen MR) is 99.5 cm³/mol. The van der Waals surface area contributed by atoms with E-state index in [9.17, 15) is 14.4 Å². The van der Waals surface area contributed by atoms with E-state index >= 15 is 0 Å². The molecule has 0 aliphatic carbocycles. The highest BCUT2D eigenvalue weighted by molar-refractivity contribution is 6.31. The molecule has 0 radical (unpaired) electrons. The molecule has 0 saturated heterocycles. The fourth-order valence-corrected chi connectivity index (χ4v) is 2.52. The van der Waals surface area contributed by atoms with Crippen molar-refractivity contribution >= 4 is 34.7 Å². The van der Waals surface area contributed by atoms with E-state index in [-0.39, 0.29) is 11.5 Å². The van der Waals surface area contributed by atoms with Crippen molar-refractivity contribution in [1.29, 1.82) is 0 Å². The van der Waals surface area contributed by atoms with Gasteiger partial charge in [-0.15, -0.1) is 0 Å². The van der Waals surface area contributed by atoms with Crippen LogP contribution in [-0.2, 0) is 18.4 Å². The van der Waals surface area contributed by atoms with E-state index in [1.165, 1.54) is 11.9 Å². The van der Waals surface area contributed by atoms with Gasteiger partial charge in [-0.1, -0.05) is 17.7 Å². The summed E-state index contributed by atoms with van der Waals surface area (Å²) in [6.07, 6.45) is 0. The lowest BCUT2D eigenvalue weighted by Gasteiger charge is -2.18. The lowest BCUT2D eigenvalue weighted by molar-refractivity contribution is -0.116. The maximum Gasteiger partial charge on any atom is 0.332 e. The Morgan fingerprint density at radius 1 is 1.32 bits per heavy atom. The lowest BCUT2D eigenvalue weighted by Crippen LogP contribution is -2.44. The van der Waals surface area contributed by atoms with Crippen LogP contribution in [-0.4, -0.2) is 29.1 Å². The highest BCUT2D eigenvalue weighted by atomic mass is 35.5. The molecule has 0 aliphatic rings. The van der Waals surface area contributed by atoms with Gasteiger partial charge in [-0.25, -0.2) is 9.36 Å². The number of carbonyl (C=O) groups excluding carboxylic acids is 1. The second-order valence-corrected chi connectivity index (χ2v) is 6.28. The van der Waals surface area contributed by atoms with Gasteiger partial charge in [0.25, 0.3) is 5.56 Å². The smallest absolute Gasteiger partial charge is 0.332 e. The number of nitrogen functional groups attached to an aromatic ring is 1. The van der Waals surface area contributed by atoms with Crippen molar-refractivity contribution in [2.24, 2.45) is 7.05 Å². The van der Waals surface area contributed by atoms with Gasteiger partial charge < -0.3 is 16.0 Å². The maximum atomic E-state index is 12.5. The molecule has 1 amide bonds. The van der Waals surface area contributed by atoms with Crippen LogP contribution in [0.5, 0.6) is 0 Å². The molecule has 1 heterocycles. The largest absolute Gasteiger partial charge is 0.383 e. The van der Waals surface area contributed by atoms with Gasteiger partial charge in [0.2, 0.25) is 5.91 Å². The van der Waals surface area contributed by atoms with Crippen LogP contribution in [0.3, 0.4) is 0 Å². The molecule has 1 aromatic heterocycles. The van der Waals surface area contributed by atoms with Gasteiger partial charge in [-0.2, -0.15) is 0 Å². The highest BCUT2D eigenvalue weighted by Gasteiger charge is 2.18. The third kappa shape index (κ3) is 3.69. The molecule has 0 bridgehead atoms. The number of carbonyl (C=O) groups is 1. The fourth-order valence-electron chi connectivity index (χ4n) is 2.34. The molecular formula is C16H20ClN5O3. The first-order valence-electron chi connectivity index (χ1n) is 7.46. The van der Waals surface area contributed by atoms with Crippen molar-refractivity contribution in [2.45, 2.75) is 13.5 Å². The molecule has 2 rings (SSSR count). The number of anilines is 3. The van der Waals surface area contributed by atoms with Crippen molar-refractivity contribution in [2.75, 3.05) is 30.0 Å². The number of hydrogen-bond donors (Lipinski definition) is 2. The Hall–Kier alpha value is -2.74. The Balaban J connectivity index is 2.36. The van der Waals surface area contributed by atoms with E-state index in [0.717, 1.165) is 14.7 Å². The molecule has 25 heavy (non-hydrogen) atoms. The summed E-state index contributed by atoms with van der Waals surface area (Å²) in [7, 11) is 4.71. The van der Waals surface area contributed by atoms with Gasteiger partial charge in [0.05, 0.1) is 0 Å². The van der Waals surface area contributed by atoms with E-state index in [0.29, 0.717) is 10.7 Å². The van der Waals surface area contributed by atoms with Crippen molar-refractivity contribution in [3.05, 3.63) is 49.6 Å². The molecule has 134 valence electrons. The second kappa shape index (κ2) is 7.02. The van der Waals surface area contributed by atoms with E-state index in [2.05, 4.69) is 5.32 Å². The van der Waals surface area contributed by atoms with Gasteiger partial charge in [0.1, 0.15) is 18.1 Å². The third-order valence-electron chi connectivity index (χ3n) is 3.77. The SMILES string of the molecule is Cc1ccc(NC(=O)Cn2c(=O)c(N(C)C)c(N)n(C)c2=O)cc1Cl. The van der Waals surface area contributed by atoms with Gasteiger partial charge in [0.15, 0.2) is 0 Å². The minimum atomic E-state index is -0.662. The number of amides is 1. The van der Waals surface area contributed by atoms with Gasteiger partial charge in [-0.3, -0.25) is 14.2 Å². The fraction of sp³-hybridized carbons (Fsp3) is 0.312. The van der Waals surface area contributed by atoms with Gasteiger partial charge >= 0.3 is 5.69 Å². The number of nitrogens with zero attached hydrogens (tertiary/aromatic N) is 3. The summed E-state index contributed by atoms with van der Waals surface area (Å²) in [4.78, 5) is 38.6. The second-order valence-electron chi connectivity index (χ2n) is 5.87. The van der Waals surface area contributed by atoms with Crippen molar-refractivity contribution < 1.29 is 4.79 Å². The standard InChI is InChI=1S/C16H20ClN5O3/c1-9-5-6-10(7-11(9)17)19-12(23)8-22-15(24)13(20(2)3)14(18)21(4)16(22)25/h5-7H,8,18H2,1-4H3,(H,19,23).